The number of Topliss-reactive ketones (excluding diaryl/α,β-unsaturated/α-hetero) is 1. The first-order valence-electron chi connectivity index (χ1n) is 4.99. The van der Waals surface area contributed by atoms with Crippen molar-refractivity contribution in [1.29, 1.82) is 0 Å². The van der Waals surface area contributed by atoms with Gasteiger partial charge in [-0.2, -0.15) is 4.80 Å². The summed E-state index contributed by atoms with van der Waals surface area (Å²) in [4.78, 5) is 12.6. The van der Waals surface area contributed by atoms with Crippen LogP contribution in [0.25, 0.3) is 0 Å². The third kappa shape index (κ3) is 2.31. The van der Waals surface area contributed by atoms with Crippen LogP contribution in [-0.2, 0) is 6.54 Å². The van der Waals surface area contributed by atoms with E-state index < -0.39 is 0 Å². The van der Waals surface area contributed by atoms with Crippen LogP contribution < -0.4 is 0 Å². The molecule has 1 aromatic carbocycles. The Bertz CT molecular complexity index is 501. The zero-order valence-corrected chi connectivity index (χ0v) is 9.21. The van der Waals surface area contributed by atoms with Crippen molar-refractivity contribution in [3.63, 3.8) is 0 Å². The van der Waals surface area contributed by atoms with Crippen LogP contribution in [0.15, 0.2) is 24.3 Å². The van der Waals surface area contributed by atoms with Gasteiger partial charge in [0.05, 0.1) is 6.54 Å². The quantitative estimate of drug-likeness (QED) is 0.724. The van der Waals surface area contributed by atoms with Gasteiger partial charge < -0.3 is 0 Å². The van der Waals surface area contributed by atoms with Gasteiger partial charge >= 0.3 is 0 Å². The second-order valence-electron chi connectivity index (χ2n) is 3.62. The molecule has 5 heteroatoms. The first-order valence-corrected chi connectivity index (χ1v) is 4.99. The lowest BCUT2D eigenvalue weighted by atomic mass is 10.1. The summed E-state index contributed by atoms with van der Waals surface area (Å²) in [6.45, 7) is 3.92. The predicted molar refractivity (Wildman–Crippen MR) is 58.1 cm³/mol. The van der Waals surface area contributed by atoms with E-state index in [2.05, 4.69) is 15.4 Å². The number of aromatic nitrogens is 4. The molecule has 0 bridgehead atoms. The second kappa shape index (κ2) is 4.22. The van der Waals surface area contributed by atoms with Gasteiger partial charge in [-0.05, 0) is 24.6 Å². The molecule has 0 atom stereocenters. The zero-order valence-electron chi connectivity index (χ0n) is 9.21. The lowest BCUT2D eigenvalue weighted by Crippen LogP contribution is -2.04. The first kappa shape index (κ1) is 10.5. The van der Waals surface area contributed by atoms with Gasteiger partial charge in [0.15, 0.2) is 11.6 Å². The van der Waals surface area contributed by atoms with Crippen molar-refractivity contribution in [3.05, 3.63) is 41.2 Å². The molecular formula is C11H12N4O. The van der Waals surface area contributed by atoms with Gasteiger partial charge in [0.25, 0.3) is 0 Å². The minimum Gasteiger partial charge on any atom is -0.295 e. The maximum Gasteiger partial charge on any atom is 0.171 e. The van der Waals surface area contributed by atoms with E-state index >= 15 is 0 Å². The highest BCUT2D eigenvalue weighted by Gasteiger charge is 2.01. The third-order valence-electron chi connectivity index (χ3n) is 2.24. The van der Waals surface area contributed by atoms with E-state index in [0.717, 1.165) is 5.56 Å². The highest BCUT2D eigenvalue weighted by atomic mass is 16.1. The predicted octanol–water partition coefficient (Wildman–Crippen LogP) is 1.23. The Morgan fingerprint density at radius 3 is 2.50 bits per heavy atom. The van der Waals surface area contributed by atoms with Gasteiger partial charge in [0.1, 0.15) is 0 Å². The van der Waals surface area contributed by atoms with Crippen LogP contribution in [0.2, 0.25) is 0 Å². The van der Waals surface area contributed by atoms with Gasteiger partial charge in [0.2, 0.25) is 0 Å². The molecule has 0 aliphatic rings. The smallest absolute Gasteiger partial charge is 0.171 e. The Hall–Kier alpha value is -2.04. The first-order chi connectivity index (χ1) is 7.65. The molecule has 0 saturated carbocycles. The number of carbonyl (C=O) groups is 1. The number of ketones is 1. The van der Waals surface area contributed by atoms with Gasteiger partial charge in [-0.3, -0.25) is 4.79 Å². The number of hydrogen-bond acceptors (Lipinski definition) is 4. The number of carbonyl (C=O) groups excluding carboxylic acids is 1. The van der Waals surface area contributed by atoms with Crippen molar-refractivity contribution in [3.8, 4) is 0 Å². The van der Waals surface area contributed by atoms with Gasteiger partial charge in [0, 0.05) is 5.56 Å². The summed E-state index contributed by atoms with van der Waals surface area (Å²) in [5.41, 5.74) is 1.76. The lowest BCUT2D eigenvalue weighted by Gasteiger charge is -2.00. The van der Waals surface area contributed by atoms with Crippen molar-refractivity contribution >= 4 is 5.78 Å². The second-order valence-corrected chi connectivity index (χ2v) is 3.62. The fourth-order valence-corrected chi connectivity index (χ4v) is 1.40. The molecule has 0 amide bonds. The Morgan fingerprint density at radius 1 is 1.31 bits per heavy atom. The molecule has 0 radical (unpaired) electrons. The maximum absolute atomic E-state index is 11.1. The number of rotatable bonds is 3. The lowest BCUT2D eigenvalue weighted by molar-refractivity contribution is 0.101. The molecular weight excluding hydrogens is 204 g/mol. The Kier molecular flexibility index (Phi) is 2.76. The summed E-state index contributed by atoms with van der Waals surface area (Å²) in [6, 6.07) is 7.41. The maximum atomic E-state index is 11.1. The minimum atomic E-state index is 0.0706. The summed E-state index contributed by atoms with van der Waals surface area (Å²) < 4.78 is 0. The van der Waals surface area contributed by atoms with E-state index in [0.29, 0.717) is 17.9 Å². The van der Waals surface area contributed by atoms with Crippen LogP contribution in [0.1, 0.15) is 28.7 Å². The zero-order chi connectivity index (χ0) is 11.5. The molecule has 5 nitrogen and oxygen atoms in total. The summed E-state index contributed by atoms with van der Waals surface area (Å²) in [5.74, 6) is 0.724. The van der Waals surface area contributed by atoms with Gasteiger partial charge in [-0.1, -0.05) is 24.3 Å². The molecule has 0 spiro atoms. The topological polar surface area (TPSA) is 60.7 Å². The Balaban J connectivity index is 2.14. The summed E-state index contributed by atoms with van der Waals surface area (Å²) in [6.07, 6.45) is 0. The summed E-state index contributed by atoms with van der Waals surface area (Å²) in [5, 5.41) is 11.8. The number of benzene rings is 1. The largest absolute Gasteiger partial charge is 0.295 e. The number of aryl methyl sites for hydroxylation is 1. The van der Waals surface area contributed by atoms with E-state index in [9.17, 15) is 4.79 Å². The van der Waals surface area contributed by atoms with Gasteiger partial charge in [-0.15, -0.1) is 10.2 Å². The Labute approximate surface area is 93.1 Å². The average molecular weight is 216 g/mol. The highest BCUT2D eigenvalue weighted by molar-refractivity contribution is 5.93. The average Bonchev–Trinajstić information content (AvgIpc) is 2.65. The number of tetrazole rings is 1. The van der Waals surface area contributed by atoms with Crippen LogP contribution in [0, 0.1) is 6.92 Å². The van der Waals surface area contributed by atoms with Crippen molar-refractivity contribution in [2.45, 2.75) is 20.4 Å². The van der Waals surface area contributed by atoms with Gasteiger partial charge in [-0.25, -0.2) is 0 Å². The molecule has 2 rings (SSSR count). The fourth-order valence-electron chi connectivity index (χ4n) is 1.40. The van der Waals surface area contributed by atoms with Crippen LogP contribution >= 0.6 is 0 Å². The minimum absolute atomic E-state index is 0.0706. The van der Waals surface area contributed by atoms with Crippen molar-refractivity contribution < 1.29 is 4.79 Å². The molecule has 0 aliphatic carbocycles. The molecule has 0 aliphatic heterocycles. The molecule has 0 saturated heterocycles. The van der Waals surface area contributed by atoms with E-state index in [-0.39, 0.29) is 5.78 Å². The molecule has 16 heavy (non-hydrogen) atoms. The van der Waals surface area contributed by atoms with Crippen molar-refractivity contribution in [2.24, 2.45) is 0 Å². The van der Waals surface area contributed by atoms with Crippen LogP contribution in [0.3, 0.4) is 0 Å². The Morgan fingerprint density at radius 2 is 2.00 bits per heavy atom. The molecule has 0 unspecified atom stereocenters. The summed E-state index contributed by atoms with van der Waals surface area (Å²) in [7, 11) is 0. The van der Waals surface area contributed by atoms with E-state index in [1.54, 1.807) is 26.0 Å². The monoisotopic (exact) mass is 216 g/mol. The highest BCUT2D eigenvalue weighted by Crippen LogP contribution is 2.06. The molecule has 0 fully saturated rings. The fraction of sp³-hybridized carbons (Fsp3) is 0.273. The SMILES string of the molecule is CC(=O)c1ccc(Cn2nnc(C)n2)cc1. The van der Waals surface area contributed by atoms with Crippen LogP contribution in [0.5, 0.6) is 0 Å². The molecule has 0 N–H and O–H groups in total. The van der Waals surface area contributed by atoms with Crippen molar-refractivity contribution in [2.75, 3.05) is 0 Å². The number of hydrogen-bond donors (Lipinski definition) is 0. The van der Waals surface area contributed by atoms with E-state index in [4.69, 9.17) is 0 Å². The van der Waals surface area contributed by atoms with Crippen molar-refractivity contribution in [1.82, 2.24) is 20.2 Å². The molecule has 2 aromatic rings. The van der Waals surface area contributed by atoms with E-state index in [1.807, 2.05) is 12.1 Å². The molecule has 1 aromatic heterocycles. The molecule has 1 heterocycles. The molecule has 82 valence electrons. The summed E-state index contributed by atoms with van der Waals surface area (Å²) >= 11 is 0. The van der Waals surface area contributed by atoms with E-state index in [1.165, 1.54) is 4.80 Å². The van der Waals surface area contributed by atoms with Crippen LogP contribution in [-0.4, -0.2) is 26.0 Å². The van der Waals surface area contributed by atoms with Crippen LogP contribution in [0.4, 0.5) is 0 Å². The normalized spacial score (nSPS) is 10.4. The number of nitrogens with zero attached hydrogens (tertiary/aromatic N) is 4. The third-order valence-corrected chi connectivity index (χ3v) is 2.24. The standard InChI is InChI=1S/C11H12N4O/c1-8(16)11-5-3-10(4-6-11)7-15-13-9(2)12-14-15/h3-6H,7H2,1-2H3.